The molecule has 0 amide bonds. The van der Waals surface area contributed by atoms with Crippen molar-refractivity contribution < 1.29 is 16.8 Å². The Morgan fingerprint density at radius 3 is 2.14 bits per heavy atom. The van der Waals surface area contributed by atoms with Crippen LogP contribution in [0.25, 0.3) is 0 Å². The zero-order chi connectivity index (χ0) is 15.8. The minimum atomic E-state index is -3.87. The largest absolute Gasteiger partial charge is 0.326 e. The Morgan fingerprint density at radius 1 is 1.14 bits per heavy atom. The van der Waals surface area contributed by atoms with Crippen molar-refractivity contribution in [1.29, 1.82) is 0 Å². The molecular weight excluding hydrogens is 350 g/mol. The molecule has 1 aromatic rings. The van der Waals surface area contributed by atoms with E-state index in [1.165, 1.54) is 42.7 Å². The molecule has 1 saturated heterocycles. The first-order valence-electron chi connectivity index (χ1n) is 6.44. The van der Waals surface area contributed by atoms with Crippen LogP contribution in [0, 0.1) is 0 Å². The van der Waals surface area contributed by atoms with Crippen molar-refractivity contribution in [2.24, 2.45) is 5.73 Å². The number of rotatable bonds is 4. The van der Waals surface area contributed by atoms with Crippen LogP contribution < -0.4 is 5.73 Å². The van der Waals surface area contributed by atoms with Crippen molar-refractivity contribution in [1.82, 2.24) is 8.61 Å². The molecule has 0 aromatic heterocycles. The van der Waals surface area contributed by atoms with Gasteiger partial charge in [-0.05, 0) is 18.6 Å². The molecule has 1 aromatic carbocycles. The second kappa shape index (κ2) is 6.81. The molecule has 2 N–H and O–H groups in total. The Bertz CT molecular complexity index is 734. The van der Waals surface area contributed by atoms with Crippen LogP contribution in [-0.2, 0) is 20.0 Å². The van der Waals surface area contributed by atoms with E-state index in [0.29, 0.717) is 13.0 Å². The van der Waals surface area contributed by atoms with Crippen LogP contribution in [0.1, 0.15) is 6.42 Å². The highest BCUT2D eigenvalue weighted by Gasteiger charge is 2.35. The number of hydrogen-bond donors (Lipinski definition) is 1. The van der Waals surface area contributed by atoms with Gasteiger partial charge in [0.05, 0.1) is 0 Å². The summed E-state index contributed by atoms with van der Waals surface area (Å²) in [4.78, 5) is -0.414. The Kier molecular flexibility index (Phi) is 5.99. The van der Waals surface area contributed by atoms with Crippen molar-refractivity contribution in [2.75, 3.05) is 27.2 Å². The Morgan fingerprint density at radius 2 is 1.68 bits per heavy atom. The second-order valence-corrected chi connectivity index (χ2v) is 9.17. The zero-order valence-electron chi connectivity index (χ0n) is 12.3. The predicted octanol–water partition coefficient (Wildman–Crippen LogP) is 0.0804. The number of hydrogen-bond acceptors (Lipinski definition) is 5. The molecule has 10 heteroatoms. The Labute approximate surface area is 137 Å². The third kappa shape index (κ3) is 3.44. The normalized spacial score (nSPS) is 20.1. The smallest absolute Gasteiger partial charge is 0.244 e. The molecule has 1 heterocycles. The highest BCUT2D eigenvalue weighted by Crippen LogP contribution is 2.27. The molecule has 1 aliphatic rings. The molecule has 1 atom stereocenters. The van der Waals surface area contributed by atoms with Crippen molar-refractivity contribution >= 4 is 32.5 Å². The van der Waals surface area contributed by atoms with Gasteiger partial charge in [0.2, 0.25) is 20.0 Å². The maximum absolute atomic E-state index is 12.7. The molecule has 0 saturated carbocycles. The summed E-state index contributed by atoms with van der Waals surface area (Å²) in [7, 11) is -4.98. The van der Waals surface area contributed by atoms with E-state index in [1.54, 1.807) is 0 Å². The van der Waals surface area contributed by atoms with Gasteiger partial charge >= 0.3 is 0 Å². The summed E-state index contributed by atoms with van der Waals surface area (Å²) in [6, 6.07) is 5.42. The second-order valence-electron chi connectivity index (χ2n) is 5.15. The molecule has 0 aliphatic carbocycles. The van der Waals surface area contributed by atoms with Crippen LogP contribution in [-0.4, -0.2) is 58.7 Å². The van der Waals surface area contributed by atoms with Gasteiger partial charge in [-0.15, -0.1) is 12.4 Å². The first-order chi connectivity index (χ1) is 9.67. The number of sulfonamides is 2. The highest BCUT2D eigenvalue weighted by atomic mass is 35.5. The van der Waals surface area contributed by atoms with E-state index < -0.39 is 20.0 Å². The average Bonchev–Trinajstić information content (AvgIpc) is 2.86. The summed E-state index contributed by atoms with van der Waals surface area (Å²) >= 11 is 0. The van der Waals surface area contributed by atoms with Crippen LogP contribution in [0.4, 0.5) is 0 Å². The maximum atomic E-state index is 12.7. The molecule has 0 radical (unpaired) electrons. The molecule has 0 bridgehead atoms. The van der Waals surface area contributed by atoms with Gasteiger partial charge < -0.3 is 5.73 Å². The van der Waals surface area contributed by atoms with Gasteiger partial charge in [-0.2, -0.15) is 4.31 Å². The van der Waals surface area contributed by atoms with Gasteiger partial charge in [0.1, 0.15) is 9.79 Å². The number of halogens is 1. The van der Waals surface area contributed by atoms with E-state index in [0.717, 1.165) is 4.31 Å². The number of nitrogens with zero attached hydrogens (tertiary/aromatic N) is 2. The maximum Gasteiger partial charge on any atom is 0.244 e. The summed E-state index contributed by atoms with van der Waals surface area (Å²) in [6.07, 6.45) is 0.571. The van der Waals surface area contributed by atoms with E-state index >= 15 is 0 Å². The van der Waals surface area contributed by atoms with Crippen molar-refractivity contribution in [2.45, 2.75) is 22.3 Å². The monoisotopic (exact) mass is 369 g/mol. The van der Waals surface area contributed by atoms with Gasteiger partial charge in [0, 0.05) is 33.2 Å². The lowest BCUT2D eigenvalue weighted by Crippen LogP contribution is -2.33. The fraction of sp³-hybridized carbons (Fsp3) is 0.500. The molecule has 126 valence electrons. The van der Waals surface area contributed by atoms with E-state index in [1.807, 2.05) is 0 Å². The fourth-order valence-electron chi connectivity index (χ4n) is 2.18. The van der Waals surface area contributed by atoms with Crippen molar-refractivity contribution in [3.05, 3.63) is 24.3 Å². The van der Waals surface area contributed by atoms with Crippen LogP contribution in [0.5, 0.6) is 0 Å². The van der Waals surface area contributed by atoms with Crippen LogP contribution in [0.2, 0.25) is 0 Å². The lowest BCUT2D eigenvalue weighted by atomic mass is 10.3. The zero-order valence-corrected chi connectivity index (χ0v) is 14.8. The van der Waals surface area contributed by atoms with E-state index in [-0.39, 0.29) is 34.8 Å². The van der Waals surface area contributed by atoms with Crippen LogP contribution in [0.3, 0.4) is 0 Å². The standard InChI is InChI=1S/C12H19N3O4S2.ClH/c1-14(2)20(16,17)11-5-3-4-6-12(11)21(18,19)15-8-7-10(13)9-15;/h3-6,10H,7-9,13H2,1-2H3;1H/t10-;/m1./s1. The topological polar surface area (TPSA) is 101 Å². The molecule has 1 aliphatic heterocycles. The quantitative estimate of drug-likeness (QED) is 0.810. The van der Waals surface area contributed by atoms with Crippen LogP contribution >= 0.6 is 12.4 Å². The Balaban J connectivity index is 0.00000242. The third-order valence-corrected chi connectivity index (χ3v) is 7.34. The van der Waals surface area contributed by atoms with Gasteiger partial charge in [-0.1, -0.05) is 12.1 Å². The molecule has 0 spiro atoms. The predicted molar refractivity (Wildman–Crippen MR) is 85.9 cm³/mol. The SMILES string of the molecule is CN(C)S(=O)(=O)c1ccccc1S(=O)(=O)N1CC[C@@H](N)C1.Cl. The molecule has 22 heavy (non-hydrogen) atoms. The van der Waals surface area contributed by atoms with Gasteiger partial charge in [-0.25, -0.2) is 21.1 Å². The molecular formula is C12H20ClN3O4S2. The minimum Gasteiger partial charge on any atom is -0.326 e. The molecule has 0 unspecified atom stereocenters. The van der Waals surface area contributed by atoms with E-state index in [9.17, 15) is 16.8 Å². The van der Waals surface area contributed by atoms with Gasteiger partial charge in [0.25, 0.3) is 0 Å². The molecule has 1 fully saturated rings. The lowest BCUT2D eigenvalue weighted by Gasteiger charge is -2.20. The van der Waals surface area contributed by atoms with Crippen LogP contribution in [0.15, 0.2) is 34.1 Å². The molecule has 7 nitrogen and oxygen atoms in total. The summed E-state index contributed by atoms with van der Waals surface area (Å²) in [6.45, 7) is 0.512. The summed E-state index contributed by atoms with van der Waals surface area (Å²) in [5.41, 5.74) is 5.74. The highest BCUT2D eigenvalue weighted by molar-refractivity contribution is 7.92. The number of nitrogens with two attached hydrogens (primary N) is 1. The first kappa shape index (κ1) is 19.3. The van der Waals surface area contributed by atoms with Crippen molar-refractivity contribution in [3.8, 4) is 0 Å². The third-order valence-electron chi connectivity index (χ3n) is 3.41. The number of benzene rings is 1. The fourth-order valence-corrected chi connectivity index (χ4v) is 5.37. The average molecular weight is 370 g/mol. The molecule has 2 rings (SSSR count). The van der Waals surface area contributed by atoms with E-state index in [4.69, 9.17) is 5.73 Å². The minimum absolute atomic E-state index is 0. The Hall–Kier alpha value is -0.710. The van der Waals surface area contributed by atoms with E-state index in [2.05, 4.69) is 0 Å². The van der Waals surface area contributed by atoms with Gasteiger partial charge in [-0.3, -0.25) is 0 Å². The summed E-state index contributed by atoms with van der Waals surface area (Å²) < 4.78 is 52.1. The lowest BCUT2D eigenvalue weighted by molar-refractivity contribution is 0.468. The summed E-state index contributed by atoms with van der Waals surface area (Å²) in [5.74, 6) is 0. The first-order valence-corrected chi connectivity index (χ1v) is 9.32. The van der Waals surface area contributed by atoms with Gasteiger partial charge in [0.15, 0.2) is 0 Å². The summed E-state index contributed by atoms with van der Waals surface area (Å²) in [5, 5.41) is 0. The van der Waals surface area contributed by atoms with Crippen molar-refractivity contribution in [3.63, 3.8) is 0 Å².